The normalized spacial score (nSPS) is 15.1. The third-order valence-electron chi connectivity index (χ3n) is 6.19. The van der Waals surface area contributed by atoms with Gasteiger partial charge in [0, 0.05) is 11.4 Å². The number of unbranched alkanes of at least 4 members (excludes halogenated alkanes) is 2. The summed E-state index contributed by atoms with van der Waals surface area (Å²) >= 11 is 0. The number of anilines is 2. The number of allylic oxidation sites excluding steroid dienone is 6. The van der Waals surface area contributed by atoms with Gasteiger partial charge in [-0.2, -0.15) is 0 Å². The van der Waals surface area contributed by atoms with E-state index >= 15 is 0 Å². The Balaban J connectivity index is 1.59. The maximum Gasteiger partial charge on any atom is 0.188 e. The first kappa shape index (κ1) is 23.5. The highest BCUT2D eigenvalue weighted by Crippen LogP contribution is 2.32. The van der Waals surface area contributed by atoms with E-state index in [1.54, 1.807) is 12.2 Å². The summed E-state index contributed by atoms with van der Waals surface area (Å²) in [7, 11) is 0. The maximum atomic E-state index is 12.9. The Bertz CT molecular complexity index is 1080. The molecule has 2 aromatic rings. The summed E-state index contributed by atoms with van der Waals surface area (Å²) in [6.45, 7) is 4.37. The van der Waals surface area contributed by atoms with Crippen molar-refractivity contribution in [1.82, 2.24) is 0 Å². The van der Waals surface area contributed by atoms with Gasteiger partial charge in [0.15, 0.2) is 11.6 Å². The molecule has 0 bridgehead atoms. The fourth-order valence-corrected chi connectivity index (χ4v) is 4.22. The number of hydrogen-bond acceptors (Lipinski definition) is 4. The number of aryl methyl sites for hydroxylation is 2. The Morgan fingerprint density at radius 2 is 0.941 bits per heavy atom. The molecular formula is C30H32N2O2. The van der Waals surface area contributed by atoms with Crippen LogP contribution in [0.4, 0.5) is 11.4 Å². The molecule has 0 saturated heterocycles. The first-order valence-corrected chi connectivity index (χ1v) is 12.2. The van der Waals surface area contributed by atoms with Gasteiger partial charge in [-0.25, -0.2) is 0 Å². The molecule has 0 saturated carbocycles. The van der Waals surface area contributed by atoms with E-state index in [-0.39, 0.29) is 11.6 Å². The van der Waals surface area contributed by atoms with Gasteiger partial charge in [-0.05, 0) is 85.4 Å². The summed E-state index contributed by atoms with van der Waals surface area (Å²) in [6.07, 6.45) is 13.2. The van der Waals surface area contributed by atoms with Crippen LogP contribution in [0.5, 0.6) is 0 Å². The number of benzene rings is 2. The van der Waals surface area contributed by atoms with Crippen molar-refractivity contribution in [3.63, 3.8) is 0 Å². The van der Waals surface area contributed by atoms with Gasteiger partial charge in [-0.15, -0.1) is 0 Å². The lowest BCUT2D eigenvalue weighted by molar-refractivity contribution is -0.114. The molecule has 0 radical (unpaired) electrons. The molecule has 2 N–H and O–H groups in total. The predicted octanol–water partition coefficient (Wildman–Crippen LogP) is 6.68. The summed E-state index contributed by atoms with van der Waals surface area (Å²) in [5.41, 5.74) is 6.47. The molecule has 4 nitrogen and oxygen atoms in total. The number of rotatable bonds is 10. The molecule has 2 aliphatic carbocycles. The summed E-state index contributed by atoms with van der Waals surface area (Å²) < 4.78 is 0. The first-order valence-electron chi connectivity index (χ1n) is 12.2. The van der Waals surface area contributed by atoms with Crippen LogP contribution in [-0.4, -0.2) is 11.6 Å². The predicted molar refractivity (Wildman–Crippen MR) is 140 cm³/mol. The van der Waals surface area contributed by atoms with E-state index in [0.29, 0.717) is 22.5 Å². The minimum atomic E-state index is -0.171. The van der Waals surface area contributed by atoms with Gasteiger partial charge in [0.1, 0.15) is 0 Å². The van der Waals surface area contributed by atoms with E-state index in [1.165, 1.54) is 49.0 Å². The van der Waals surface area contributed by atoms with E-state index in [1.807, 2.05) is 24.3 Å². The molecule has 0 unspecified atom stereocenters. The van der Waals surface area contributed by atoms with Gasteiger partial charge in [-0.3, -0.25) is 9.59 Å². The number of carbonyl (C=O) groups excluding carboxylic acids is 2. The Hall–Kier alpha value is -3.66. The SMILES string of the molecule is CCCCc1ccc(NC2=C3C(=O)C=CC(Nc4ccc(CCCC)cc4)=C3C(=O)C=C2)cc1. The van der Waals surface area contributed by atoms with Crippen LogP contribution in [0.3, 0.4) is 0 Å². The zero-order valence-electron chi connectivity index (χ0n) is 20.0. The average molecular weight is 453 g/mol. The van der Waals surface area contributed by atoms with E-state index in [2.05, 4.69) is 48.7 Å². The Labute approximate surface area is 202 Å². The average Bonchev–Trinajstić information content (AvgIpc) is 2.86. The van der Waals surface area contributed by atoms with Crippen LogP contribution in [0.15, 0.2) is 95.4 Å². The second-order valence-electron chi connectivity index (χ2n) is 8.82. The van der Waals surface area contributed by atoms with Crippen LogP contribution >= 0.6 is 0 Å². The van der Waals surface area contributed by atoms with E-state index in [9.17, 15) is 9.59 Å². The van der Waals surface area contributed by atoms with Crippen LogP contribution in [0.2, 0.25) is 0 Å². The van der Waals surface area contributed by atoms with Crippen molar-refractivity contribution in [2.75, 3.05) is 10.6 Å². The van der Waals surface area contributed by atoms with E-state index < -0.39 is 0 Å². The van der Waals surface area contributed by atoms with E-state index in [0.717, 1.165) is 24.2 Å². The molecule has 4 rings (SSSR count). The van der Waals surface area contributed by atoms with Crippen LogP contribution in [0.1, 0.15) is 50.7 Å². The molecule has 174 valence electrons. The fraction of sp³-hybridized carbons (Fsp3) is 0.267. The van der Waals surface area contributed by atoms with Gasteiger partial charge in [-0.1, -0.05) is 51.0 Å². The second kappa shape index (κ2) is 11.0. The molecule has 34 heavy (non-hydrogen) atoms. The Morgan fingerprint density at radius 1 is 0.559 bits per heavy atom. The molecular weight excluding hydrogens is 420 g/mol. The molecule has 0 heterocycles. The number of nitrogens with one attached hydrogen (secondary N) is 2. The highest BCUT2D eigenvalue weighted by Gasteiger charge is 2.30. The second-order valence-corrected chi connectivity index (χ2v) is 8.82. The summed E-state index contributed by atoms with van der Waals surface area (Å²) in [5.74, 6) is -0.342. The molecule has 0 aliphatic heterocycles. The molecule has 2 aromatic carbocycles. The maximum absolute atomic E-state index is 12.9. The monoisotopic (exact) mass is 452 g/mol. The van der Waals surface area contributed by atoms with Crippen molar-refractivity contribution in [2.45, 2.75) is 52.4 Å². The molecule has 0 fully saturated rings. The van der Waals surface area contributed by atoms with Crippen LogP contribution in [-0.2, 0) is 22.4 Å². The largest absolute Gasteiger partial charge is 0.355 e. The van der Waals surface area contributed by atoms with Crippen LogP contribution in [0.25, 0.3) is 0 Å². The lowest BCUT2D eigenvalue weighted by Gasteiger charge is -2.23. The molecule has 0 aromatic heterocycles. The molecule has 0 atom stereocenters. The van der Waals surface area contributed by atoms with Crippen LogP contribution in [0, 0.1) is 0 Å². The third-order valence-corrected chi connectivity index (χ3v) is 6.19. The summed E-state index contributed by atoms with van der Waals surface area (Å²) in [5, 5.41) is 6.70. The van der Waals surface area contributed by atoms with Gasteiger partial charge >= 0.3 is 0 Å². The van der Waals surface area contributed by atoms with Crippen molar-refractivity contribution >= 4 is 22.9 Å². The van der Waals surface area contributed by atoms with Gasteiger partial charge in [0.05, 0.1) is 22.5 Å². The third kappa shape index (κ3) is 5.45. The fourth-order valence-electron chi connectivity index (χ4n) is 4.22. The highest BCUT2D eigenvalue weighted by molar-refractivity contribution is 6.23. The van der Waals surface area contributed by atoms with Crippen molar-refractivity contribution in [1.29, 1.82) is 0 Å². The number of hydrogen-bond donors (Lipinski definition) is 2. The molecule has 0 amide bonds. The van der Waals surface area contributed by atoms with Gasteiger partial charge in [0.2, 0.25) is 0 Å². The zero-order chi connectivity index (χ0) is 23.9. The van der Waals surface area contributed by atoms with Gasteiger partial charge in [0.25, 0.3) is 0 Å². The first-order chi connectivity index (χ1) is 16.6. The minimum Gasteiger partial charge on any atom is -0.355 e. The number of fused-ring (bicyclic) bond motifs is 1. The summed E-state index contributed by atoms with van der Waals surface area (Å²) in [6, 6.07) is 16.5. The van der Waals surface area contributed by atoms with Crippen molar-refractivity contribution in [2.24, 2.45) is 0 Å². The molecule has 0 spiro atoms. The van der Waals surface area contributed by atoms with Gasteiger partial charge < -0.3 is 10.6 Å². The standard InChI is InChI=1S/C30H32N2O2/c1-3-5-7-21-9-13-23(14-10-21)31-25-17-19-28(34)30-26(18-20-27(33)29(25)30)32-24-15-11-22(12-16-24)8-6-4-2/h9-20,31-32H,3-8H2,1-2H3. The smallest absolute Gasteiger partial charge is 0.188 e. The van der Waals surface area contributed by atoms with Crippen molar-refractivity contribution in [3.8, 4) is 0 Å². The number of carbonyl (C=O) groups is 2. The molecule has 2 aliphatic rings. The number of ketones is 2. The minimum absolute atomic E-state index is 0.171. The lowest BCUT2D eigenvalue weighted by atomic mass is 9.86. The van der Waals surface area contributed by atoms with E-state index in [4.69, 9.17) is 0 Å². The topological polar surface area (TPSA) is 58.2 Å². The van der Waals surface area contributed by atoms with Crippen molar-refractivity contribution < 1.29 is 9.59 Å². The summed E-state index contributed by atoms with van der Waals surface area (Å²) in [4.78, 5) is 25.7. The lowest BCUT2D eigenvalue weighted by Crippen LogP contribution is -2.24. The Morgan fingerprint density at radius 3 is 1.29 bits per heavy atom. The van der Waals surface area contributed by atoms with Crippen LogP contribution < -0.4 is 10.6 Å². The Kier molecular flexibility index (Phi) is 7.58. The highest BCUT2D eigenvalue weighted by atomic mass is 16.1. The zero-order valence-corrected chi connectivity index (χ0v) is 20.0. The van der Waals surface area contributed by atoms with Crippen molar-refractivity contribution in [3.05, 3.63) is 107 Å². The quantitative estimate of drug-likeness (QED) is 0.422. The molecule has 4 heteroatoms.